The van der Waals surface area contributed by atoms with Crippen molar-refractivity contribution in [2.24, 2.45) is 0 Å². The zero-order chi connectivity index (χ0) is 19.5. The molecule has 0 heterocycles. The number of benzene rings is 2. The summed E-state index contributed by atoms with van der Waals surface area (Å²) in [6.45, 7) is 3.53. The summed E-state index contributed by atoms with van der Waals surface area (Å²) in [4.78, 5) is 12.6. The molecule has 0 bridgehead atoms. The summed E-state index contributed by atoms with van der Waals surface area (Å²) in [5.41, 5.74) is 2.00. The van der Waals surface area contributed by atoms with E-state index in [9.17, 15) is 13.2 Å². The van der Waals surface area contributed by atoms with E-state index in [1.807, 2.05) is 0 Å². The van der Waals surface area contributed by atoms with Crippen molar-refractivity contribution in [2.75, 3.05) is 24.7 Å². The highest BCUT2D eigenvalue weighted by atomic mass is 35.5. The van der Waals surface area contributed by atoms with Crippen LogP contribution in [0.25, 0.3) is 0 Å². The second-order valence-electron chi connectivity index (χ2n) is 6.13. The standard InChI is InChI=1S/C18H22ClN3O3S/c1-12-5-10-16(26(24,25)22(3)4)11-17(12)21-18(23)13(2)20-15-8-6-14(19)7-9-15/h5-11,13,20H,1-4H3,(H,21,23)/t13-/m0/s1. The number of halogens is 1. The summed E-state index contributed by atoms with van der Waals surface area (Å²) in [7, 11) is -0.643. The van der Waals surface area contributed by atoms with Crippen LogP contribution in [0.1, 0.15) is 12.5 Å². The van der Waals surface area contributed by atoms with E-state index >= 15 is 0 Å². The summed E-state index contributed by atoms with van der Waals surface area (Å²) < 4.78 is 25.7. The van der Waals surface area contributed by atoms with E-state index in [1.165, 1.54) is 26.2 Å². The predicted molar refractivity (Wildman–Crippen MR) is 105 cm³/mol. The van der Waals surface area contributed by atoms with Crippen LogP contribution in [0.3, 0.4) is 0 Å². The fraction of sp³-hybridized carbons (Fsp3) is 0.278. The lowest BCUT2D eigenvalue weighted by atomic mass is 10.2. The Bertz CT molecular complexity index is 896. The molecule has 6 nitrogen and oxygen atoms in total. The van der Waals surface area contributed by atoms with E-state index < -0.39 is 16.1 Å². The minimum atomic E-state index is -3.57. The number of aryl methyl sites for hydroxylation is 1. The molecule has 0 saturated carbocycles. The smallest absolute Gasteiger partial charge is 0.246 e. The monoisotopic (exact) mass is 395 g/mol. The van der Waals surface area contributed by atoms with Gasteiger partial charge in [0.2, 0.25) is 15.9 Å². The van der Waals surface area contributed by atoms with E-state index in [1.54, 1.807) is 44.2 Å². The number of nitrogens with one attached hydrogen (secondary N) is 2. The number of carbonyl (C=O) groups is 1. The van der Waals surface area contributed by atoms with E-state index in [0.29, 0.717) is 10.7 Å². The van der Waals surface area contributed by atoms with E-state index in [2.05, 4.69) is 10.6 Å². The molecule has 0 spiro atoms. The van der Waals surface area contributed by atoms with Crippen LogP contribution < -0.4 is 10.6 Å². The largest absolute Gasteiger partial charge is 0.374 e. The van der Waals surface area contributed by atoms with Gasteiger partial charge in [-0.1, -0.05) is 17.7 Å². The molecule has 2 aromatic carbocycles. The quantitative estimate of drug-likeness (QED) is 0.786. The van der Waals surface area contributed by atoms with Gasteiger partial charge in [-0.05, 0) is 55.8 Å². The van der Waals surface area contributed by atoms with Crippen LogP contribution >= 0.6 is 11.6 Å². The lowest BCUT2D eigenvalue weighted by Crippen LogP contribution is -2.32. The van der Waals surface area contributed by atoms with Gasteiger partial charge in [-0.2, -0.15) is 0 Å². The van der Waals surface area contributed by atoms with Crippen LogP contribution in [0.5, 0.6) is 0 Å². The number of sulfonamides is 1. The molecule has 0 saturated heterocycles. The molecule has 0 radical (unpaired) electrons. The second kappa shape index (κ2) is 8.07. The maximum atomic E-state index is 12.5. The van der Waals surface area contributed by atoms with Crippen LogP contribution in [-0.2, 0) is 14.8 Å². The topological polar surface area (TPSA) is 78.5 Å². The highest BCUT2D eigenvalue weighted by molar-refractivity contribution is 7.89. The third-order valence-electron chi connectivity index (χ3n) is 3.87. The van der Waals surface area contributed by atoms with E-state index in [-0.39, 0.29) is 10.8 Å². The first-order chi connectivity index (χ1) is 12.1. The number of carbonyl (C=O) groups excluding carboxylic acids is 1. The normalized spacial score (nSPS) is 12.7. The van der Waals surface area contributed by atoms with Crippen molar-refractivity contribution in [2.45, 2.75) is 24.8 Å². The summed E-state index contributed by atoms with van der Waals surface area (Å²) in [6, 6.07) is 11.2. The summed E-state index contributed by atoms with van der Waals surface area (Å²) in [5.74, 6) is -0.276. The molecule has 2 N–H and O–H groups in total. The Morgan fingerprint density at radius 3 is 2.31 bits per heavy atom. The van der Waals surface area contributed by atoms with Gasteiger partial charge in [-0.3, -0.25) is 4.79 Å². The van der Waals surface area contributed by atoms with Crippen molar-refractivity contribution in [1.82, 2.24) is 4.31 Å². The van der Waals surface area contributed by atoms with Crippen molar-refractivity contribution in [1.29, 1.82) is 0 Å². The first-order valence-corrected chi connectivity index (χ1v) is 9.79. The molecule has 2 rings (SSSR count). The van der Waals surface area contributed by atoms with E-state index in [0.717, 1.165) is 15.6 Å². The lowest BCUT2D eigenvalue weighted by Gasteiger charge is -2.18. The van der Waals surface area contributed by atoms with Gasteiger partial charge in [0.05, 0.1) is 4.90 Å². The molecule has 0 aliphatic carbocycles. The zero-order valence-corrected chi connectivity index (χ0v) is 16.6. The highest BCUT2D eigenvalue weighted by Gasteiger charge is 2.20. The van der Waals surface area contributed by atoms with Gasteiger partial charge in [0.15, 0.2) is 0 Å². The Hall–Kier alpha value is -2.09. The molecule has 140 valence electrons. The van der Waals surface area contributed by atoms with Crippen molar-refractivity contribution < 1.29 is 13.2 Å². The maximum absolute atomic E-state index is 12.5. The van der Waals surface area contributed by atoms with Crippen molar-refractivity contribution in [3.8, 4) is 0 Å². The number of rotatable bonds is 6. The van der Waals surface area contributed by atoms with Crippen molar-refractivity contribution in [3.63, 3.8) is 0 Å². The number of amides is 1. The Morgan fingerprint density at radius 1 is 1.12 bits per heavy atom. The average Bonchev–Trinajstić information content (AvgIpc) is 2.58. The van der Waals surface area contributed by atoms with Crippen LogP contribution in [0.2, 0.25) is 5.02 Å². The van der Waals surface area contributed by atoms with Gasteiger partial charge < -0.3 is 10.6 Å². The molecule has 1 atom stereocenters. The van der Waals surface area contributed by atoms with E-state index in [4.69, 9.17) is 11.6 Å². The highest BCUT2D eigenvalue weighted by Crippen LogP contribution is 2.22. The van der Waals surface area contributed by atoms with Gasteiger partial charge in [0.25, 0.3) is 0 Å². The maximum Gasteiger partial charge on any atom is 0.246 e. The van der Waals surface area contributed by atoms with Crippen LogP contribution in [0.4, 0.5) is 11.4 Å². The third-order valence-corrected chi connectivity index (χ3v) is 5.93. The molecule has 0 aliphatic heterocycles. The van der Waals surface area contributed by atoms with Gasteiger partial charge in [0, 0.05) is 30.5 Å². The Kier molecular flexibility index (Phi) is 6.28. The molecule has 0 fully saturated rings. The molecule has 0 aliphatic rings. The molecular weight excluding hydrogens is 374 g/mol. The van der Waals surface area contributed by atoms with Crippen LogP contribution in [-0.4, -0.2) is 38.8 Å². The molecule has 1 amide bonds. The fourth-order valence-electron chi connectivity index (χ4n) is 2.21. The lowest BCUT2D eigenvalue weighted by molar-refractivity contribution is -0.116. The first kappa shape index (κ1) is 20.2. The average molecular weight is 396 g/mol. The SMILES string of the molecule is Cc1ccc(S(=O)(=O)N(C)C)cc1NC(=O)[C@H](C)Nc1ccc(Cl)cc1. The zero-order valence-electron chi connectivity index (χ0n) is 15.1. The summed E-state index contributed by atoms with van der Waals surface area (Å²) in [5, 5.41) is 6.47. The number of nitrogens with zero attached hydrogens (tertiary/aromatic N) is 1. The molecular formula is C18H22ClN3O3S. The number of hydrogen-bond donors (Lipinski definition) is 2. The molecule has 26 heavy (non-hydrogen) atoms. The predicted octanol–water partition coefficient (Wildman–Crippen LogP) is 3.34. The fourth-order valence-corrected chi connectivity index (χ4v) is 3.26. The van der Waals surface area contributed by atoms with Gasteiger partial charge in [0.1, 0.15) is 6.04 Å². The minimum absolute atomic E-state index is 0.127. The van der Waals surface area contributed by atoms with Crippen LogP contribution in [0, 0.1) is 6.92 Å². The third kappa shape index (κ3) is 4.75. The van der Waals surface area contributed by atoms with Gasteiger partial charge in [-0.25, -0.2) is 12.7 Å². The van der Waals surface area contributed by atoms with Gasteiger partial charge >= 0.3 is 0 Å². The Labute approximate surface area is 159 Å². The second-order valence-corrected chi connectivity index (χ2v) is 8.71. The van der Waals surface area contributed by atoms with Crippen molar-refractivity contribution in [3.05, 3.63) is 53.1 Å². The molecule has 8 heteroatoms. The van der Waals surface area contributed by atoms with Crippen molar-refractivity contribution >= 4 is 38.9 Å². The molecule has 0 aromatic heterocycles. The summed E-state index contributed by atoms with van der Waals surface area (Å²) >= 11 is 5.85. The summed E-state index contributed by atoms with van der Waals surface area (Å²) in [6.07, 6.45) is 0. The van der Waals surface area contributed by atoms with Crippen LogP contribution in [0.15, 0.2) is 47.4 Å². The number of hydrogen-bond acceptors (Lipinski definition) is 4. The number of anilines is 2. The van der Waals surface area contributed by atoms with Gasteiger partial charge in [-0.15, -0.1) is 0 Å². The Balaban J connectivity index is 2.16. The Morgan fingerprint density at radius 2 is 1.73 bits per heavy atom. The minimum Gasteiger partial charge on any atom is -0.374 e. The molecule has 2 aromatic rings. The molecule has 0 unspecified atom stereocenters. The first-order valence-electron chi connectivity index (χ1n) is 7.97.